The number of unbranched alkanes of at least 4 members (excludes halogenated alkanes) is 28. The lowest BCUT2D eigenvalue weighted by molar-refractivity contribution is -0.143. The van der Waals surface area contributed by atoms with Gasteiger partial charge in [0.2, 0.25) is 5.91 Å². The first-order chi connectivity index (χ1) is 25.0. The van der Waals surface area contributed by atoms with E-state index in [0.717, 1.165) is 57.8 Å². The van der Waals surface area contributed by atoms with E-state index in [2.05, 4.69) is 31.3 Å². The molecule has 0 aliphatic rings. The molecular weight excluding hydrogens is 634 g/mol. The van der Waals surface area contributed by atoms with Crippen molar-refractivity contribution in [1.29, 1.82) is 0 Å². The normalized spacial score (nSPS) is 12.8. The number of ether oxygens (including phenoxy) is 1. The molecule has 2 atom stereocenters. The Labute approximate surface area is 317 Å². The van der Waals surface area contributed by atoms with Gasteiger partial charge in [0.25, 0.3) is 0 Å². The Bertz CT molecular complexity index is 757. The number of carbonyl (C=O) groups is 2. The number of aliphatic hydroxyl groups is 2. The molecule has 0 aromatic heterocycles. The van der Waals surface area contributed by atoms with Gasteiger partial charge in [-0.25, -0.2) is 0 Å². The van der Waals surface area contributed by atoms with Crippen LogP contribution in [-0.2, 0) is 14.3 Å². The molecule has 0 bridgehead atoms. The van der Waals surface area contributed by atoms with E-state index in [1.807, 2.05) is 0 Å². The van der Waals surface area contributed by atoms with Crippen LogP contribution in [0.4, 0.5) is 0 Å². The van der Waals surface area contributed by atoms with Gasteiger partial charge in [-0.1, -0.05) is 187 Å². The summed E-state index contributed by atoms with van der Waals surface area (Å²) < 4.78 is 5.44. The van der Waals surface area contributed by atoms with E-state index in [1.54, 1.807) is 0 Å². The molecule has 6 nitrogen and oxygen atoms in total. The van der Waals surface area contributed by atoms with Crippen LogP contribution in [0.3, 0.4) is 0 Å². The van der Waals surface area contributed by atoms with Crippen LogP contribution in [0.25, 0.3) is 0 Å². The van der Waals surface area contributed by atoms with Gasteiger partial charge < -0.3 is 20.3 Å². The van der Waals surface area contributed by atoms with Crippen molar-refractivity contribution >= 4 is 11.9 Å². The number of nitrogens with one attached hydrogen (secondary N) is 1. The third-order valence-electron chi connectivity index (χ3n) is 10.3. The van der Waals surface area contributed by atoms with E-state index < -0.39 is 12.1 Å². The van der Waals surface area contributed by atoms with E-state index in [0.29, 0.717) is 25.9 Å². The summed E-state index contributed by atoms with van der Waals surface area (Å²) >= 11 is 0. The third-order valence-corrected chi connectivity index (χ3v) is 10.3. The van der Waals surface area contributed by atoms with Crippen molar-refractivity contribution in [1.82, 2.24) is 5.32 Å². The fraction of sp³-hybridized carbons (Fsp3) is 0.911. The quantitative estimate of drug-likeness (QED) is 0.0332. The van der Waals surface area contributed by atoms with Gasteiger partial charge in [0.15, 0.2) is 0 Å². The summed E-state index contributed by atoms with van der Waals surface area (Å²) in [6, 6.07) is -0.550. The number of carbonyl (C=O) groups excluding carboxylic acids is 2. The van der Waals surface area contributed by atoms with Crippen molar-refractivity contribution in [2.45, 2.75) is 251 Å². The molecule has 6 heteroatoms. The van der Waals surface area contributed by atoms with Crippen LogP contribution in [-0.4, -0.2) is 47.4 Å². The maximum Gasteiger partial charge on any atom is 0.305 e. The number of hydrogen-bond donors (Lipinski definition) is 3. The Morgan fingerprint density at radius 3 is 1.41 bits per heavy atom. The van der Waals surface area contributed by atoms with Crippen molar-refractivity contribution in [3.63, 3.8) is 0 Å². The second-order valence-electron chi connectivity index (χ2n) is 15.4. The molecule has 302 valence electrons. The van der Waals surface area contributed by atoms with Crippen molar-refractivity contribution in [2.75, 3.05) is 13.2 Å². The van der Waals surface area contributed by atoms with E-state index >= 15 is 0 Å². The Morgan fingerprint density at radius 1 is 0.529 bits per heavy atom. The topological polar surface area (TPSA) is 95.9 Å². The van der Waals surface area contributed by atoms with E-state index in [4.69, 9.17) is 4.74 Å². The summed E-state index contributed by atoms with van der Waals surface area (Å²) in [5.41, 5.74) is 0. The smallest absolute Gasteiger partial charge is 0.305 e. The first-order valence-electron chi connectivity index (χ1n) is 22.4. The van der Waals surface area contributed by atoms with Crippen LogP contribution >= 0.6 is 0 Å². The minimum Gasteiger partial charge on any atom is -0.466 e. The molecule has 3 N–H and O–H groups in total. The van der Waals surface area contributed by atoms with Crippen LogP contribution < -0.4 is 5.32 Å². The molecule has 0 aliphatic carbocycles. The second kappa shape index (κ2) is 41.4. The highest BCUT2D eigenvalue weighted by molar-refractivity contribution is 5.76. The van der Waals surface area contributed by atoms with Crippen LogP contribution in [0.2, 0.25) is 0 Å². The van der Waals surface area contributed by atoms with Crippen LogP contribution in [0.1, 0.15) is 239 Å². The predicted octanol–water partition coefficient (Wildman–Crippen LogP) is 12.6. The van der Waals surface area contributed by atoms with Gasteiger partial charge in [-0.2, -0.15) is 0 Å². The summed E-state index contributed by atoms with van der Waals surface area (Å²) in [4.78, 5) is 24.3. The van der Waals surface area contributed by atoms with Gasteiger partial charge >= 0.3 is 5.97 Å². The first kappa shape index (κ1) is 49.6. The van der Waals surface area contributed by atoms with Gasteiger partial charge in [0.1, 0.15) is 0 Å². The molecule has 0 fully saturated rings. The molecule has 0 saturated heterocycles. The Hall–Kier alpha value is -1.40. The number of esters is 1. The lowest BCUT2D eigenvalue weighted by Gasteiger charge is -2.22. The van der Waals surface area contributed by atoms with Crippen molar-refractivity contribution in [3.8, 4) is 0 Å². The molecule has 2 unspecified atom stereocenters. The molecule has 51 heavy (non-hydrogen) atoms. The van der Waals surface area contributed by atoms with E-state index in [1.165, 1.54) is 148 Å². The molecule has 0 radical (unpaired) electrons. The Morgan fingerprint density at radius 2 is 0.922 bits per heavy atom. The molecule has 0 saturated carbocycles. The van der Waals surface area contributed by atoms with Crippen LogP contribution in [0, 0.1) is 0 Å². The maximum atomic E-state index is 12.4. The van der Waals surface area contributed by atoms with Crippen LogP contribution in [0.5, 0.6) is 0 Å². The zero-order chi connectivity index (χ0) is 37.3. The molecular formula is C45H87NO5. The van der Waals surface area contributed by atoms with E-state index in [-0.39, 0.29) is 18.5 Å². The van der Waals surface area contributed by atoms with Gasteiger partial charge in [-0.3, -0.25) is 9.59 Å². The molecule has 0 heterocycles. The highest BCUT2D eigenvalue weighted by Gasteiger charge is 2.20. The summed E-state index contributed by atoms with van der Waals surface area (Å²) in [5.74, 6) is -0.0732. The van der Waals surface area contributed by atoms with Crippen molar-refractivity contribution < 1.29 is 24.5 Å². The summed E-state index contributed by atoms with van der Waals surface area (Å²) in [7, 11) is 0. The van der Waals surface area contributed by atoms with Gasteiger partial charge in [-0.15, -0.1) is 0 Å². The van der Waals surface area contributed by atoms with Gasteiger partial charge in [0, 0.05) is 12.8 Å². The highest BCUT2D eigenvalue weighted by Crippen LogP contribution is 2.15. The monoisotopic (exact) mass is 722 g/mol. The van der Waals surface area contributed by atoms with Crippen molar-refractivity contribution in [3.05, 3.63) is 12.2 Å². The minimum absolute atomic E-state index is 0.0192. The summed E-state index contributed by atoms with van der Waals surface area (Å²) in [6.07, 6.45) is 44.5. The molecule has 0 aromatic carbocycles. The zero-order valence-electron chi connectivity index (χ0n) is 34.1. The largest absolute Gasteiger partial charge is 0.466 e. The number of amides is 1. The number of aliphatic hydroxyl groups excluding tert-OH is 2. The average molecular weight is 722 g/mol. The predicted molar refractivity (Wildman–Crippen MR) is 218 cm³/mol. The van der Waals surface area contributed by atoms with Crippen molar-refractivity contribution in [2.24, 2.45) is 0 Å². The fourth-order valence-electron chi connectivity index (χ4n) is 6.81. The molecule has 0 aliphatic heterocycles. The highest BCUT2D eigenvalue weighted by atomic mass is 16.5. The zero-order valence-corrected chi connectivity index (χ0v) is 34.1. The van der Waals surface area contributed by atoms with Gasteiger partial charge in [0.05, 0.1) is 25.4 Å². The SMILES string of the molecule is CCCCCC/C=C\CCCCCCCC(=O)OCCCCCCCCCCCCCCC(=O)NC(CO)C(O)CCCCCCCCCCC. The van der Waals surface area contributed by atoms with Gasteiger partial charge in [-0.05, 0) is 51.4 Å². The average Bonchev–Trinajstić information content (AvgIpc) is 3.13. The Kier molecular flexibility index (Phi) is 40.2. The number of rotatable bonds is 41. The van der Waals surface area contributed by atoms with Crippen LogP contribution in [0.15, 0.2) is 12.2 Å². The fourth-order valence-corrected chi connectivity index (χ4v) is 6.81. The summed E-state index contributed by atoms with van der Waals surface area (Å²) in [5, 5.41) is 23.0. The Balaban J connectivity index is 3.45. The first-order valence-corrected chi connectivity index (χ1v) is 22.4. The second-order valence-corrected chi connectivity index (χ2v) is 15.4. The third kappa shape index (κ3) is 38.1. The lowest BCUT2D eigenvalue weighted by atomic mass is 10.0. The number of hydrogen-bond acceptors (Lipinski definition) is 5. The standard InChI is InChI=1S/C45H87NO5/c1-3-5-7-9-11-13-14-15-19-23-27-31-35-39-45(50)51-40-36-32-28-24-20-17-16-18-22-26-30-34-38-44(49)46-42(41-47)43(48)37-33-29-25-21-12-10-8-6-4-2/h13-14,42-43,47-48H,3-12,15-41H2,1-2H3,(H,46,49)/b14-13-. The molecule has 1 amide bonds. The number of allylic oxidation sites excluding steroid dienone is 2. The maximum absolute atomic E-state index is 12.4. The molecule has 0 aromatic rings. The molecule has 0 spiro atoms. The van der Waals surface area contributed by atoms with E-state index in [9.17, 15) is 19.8 Å². The summed E-state index contributed by atoms with van der Waals surface area (Å²) in [6.45, 7) is 4.87. The molecule has 0 rings (SSSR count). The lowest BCUT2D eigenvalue weighted by Crippen LogP contribution is -2.45. The minimum atomic E-state index is -0.671.